The Balaban J connectivity index is 2.11. The summed E-state index contributed by atoms with van der Waals surface area (Å²) >= 11 is 0. The molecule has 8 heteroatoms. The molecule has 4 rings (SSSR count). The lowest BCUT2D eigenvalue weighted by atomic mass is 10.3. The van der Waals surface area contributed by atoms with Crippen LogP contribution in [0.1, 0.15) is 0 Å². The van der Waals surface area contributed by atoms with E-state index in [0.29, 0.717) is 16.9 Å². The number of fused-ring (bicyclic) bond motifs is 2. The number of nitrogens with two attached hydrogens (primary N) is 1. The number of para-hydroxylation sites is 1. The van der Waals surface area contributed by atoms with E-state index in [1.807, 2.05) is 24.3 Å². The lowest BCUT2D eigenvalue weighted by molar-refractivity contribution is 0.612. The molecular formula is C12H8FN7. The van der Waals surface area contributed by atoms with Gasteiger partial charge in [-0.15, -0.1) is 10.2 Å². The number of hydrogen-bond acceptors (Lipinski definition) is 5. The largest absolute Gasteiger partial charge is 0.366 e. The number of hydrogen-bond donors (Lipinski definition) is 1. The Kier molecular flexibility index (Phi) is 2.02. The summed E-state index contributed by atoms with van der Waals surface area (Å²) in [6.45, 7) is 0. The van der Waals surface area contributed by atoms with Crippen LogP contribution in [0.5, 0.6) is 0 Å². The van der Waals surface area contributed by atoms with Crippen LogP contribution in [0.25, 0.3) is 22.4 Å². The highest BCUT2D eigenvalue weighted by molar-refractivity contribution is 5.78. The zero-order valence-corrected chi connectivity index (χ0v) is 10.1. The summed E-state index contributed by atoms with van der Waals surface area (Å²) in [5, 5.41) is 12.0. The van der Waals surface area contributed by atoms with Gasteiger partial charge >= 0.3 is 0 Å². The van der Waals surface area contributed by atoms with Crippen LogP contribution in [0.15, 0.2) is 36.5 Å². The predicted octanol–water partition coefficient (Wildman–Crippen LogP) is 1.18. The van der Waals surface area contributed by atoms with Gasteiger partial charge in [0.2, 0.25) is 5.95 Å². The van der Waals surface area contributed by atoms with Gasteiger partial charge in [0.15, 0.2) is 5.65 Å². The zero-order chi connectivity index (χ0) is 13.7. The van der Waals surface area contributed by atoms with Crippen LogP contribution >= 0.6 is 0 Å². The van der Waals surface area contributed by atoms with Crippen LogP contribution in [0.3, 0.4) is 0 Å². The van der Waals surface area contributed by atoms with Crippen molar-refractivity contribution in [2.24, 2.45) is 0 Å². The van der Waals surface area contributed by atoms with E-state index >= 15 is 0 Å². The number of aromatic nitrogens is 6. The smallest absolute Gasteiger partial charge is 0.240 e. The molecule has 0 saturated heterocycles. The summed E-state index contributed by atoms with van der Waals surface area (Å²) in [4.78, 5) is 4.09. The minimum Gasteiger partial charge on any atom is -0.366 e. The maximum Gasteiger partial charge on any atom is 0.240 e. The number of pyridine rings is 1. The normalized spacial score (nSPS) is 11.4. The fraction of sp³-hybridized carbons (Fsp3) is 0. The standard InChI is InChI=1S/C12H8FN7/c13-7-5-10(11-15-12(14)17-19(11)6-7)20-9-4-2-1-3-8(9)16-18-20/h1-6H,(H2,14,17). The number of halogens is 1. The first-order valence-electron chi connectivity index (χ1n) is 5.84. The van der Waals surface area contributed by atoms with Gasteiger partial charge in [-0.2, -0.15) is 4.98 Å². The van der Waals surface area contributed by atoms with E-state index in [9.17, 15) is 4.39 Å². The molecule has 0 aliphatic carbocycles. The molecule has 0 bridgehead atoms. The zero-order valence-electron chi connectivity index (χ0n) is 10.1. The second-order valence-electron chi connectivity index (χ2n) is 4.27. The third-order valence-corrected chi connectivity index (χ3v) is 2.98. The summed E-state index contributed by atoms with van der Waals surface area (Å²) < 4.78 is 16.5. The molecule has 0 spiro atoms. The van der Waals surface area contributed by atoms with Gasteiger partial charge in [-0.25, -0.2) is 13.6 Å². The predicted molar refractivity (Wildman–Crippen MR) is 69.8 cm³/mol. The molecule has 0 aliphatic heterocycles. The van der Waals surface area contributed by atoms with Gasteiger partial charge in [0.25, 0.3) is 0 Å². The topological polar surface area (TPSA) is 86.9 Å². The van der Waals surface area contributed by atoms with Gasteiger partial charge in [0, 0.05) is 6.07 Å². The maximum absolute atomic E-state index is 13.7. The van der Waals surface area contributed by atoms with Crippen LogP contribution in [-0.4, -0.2) is 29.6 Å². The summed E-state index contributed by atoms with van der Waals surface area (Å²) in [6.07, 6.45) is 1.21. The number of nitrogen functional groups attached to an aromatic ring is 1. The van der Waals surface area contributed by atoms with Crippen molar-refractivity contribution >= 4 is 22.6 Å². The highest BCUT2D eigenvalue weighted by Gasteiger charge is 2.14. The minimum absolute atomic E-state index is 0.0706. The van der Waals surface area contributed by atoms with Gasteiger partial charge in [-0.3, -0.25) is 0 Å². The van der Waals surface area contributed by atoms with E-state index in [1.165, 1.54) is 21.5 Å². The molecule has 2 N–H and O–H groups in total. The van der Waals surface area contributed by atoms with Crippen LogP contribution in [-0.2, 0) is 0 Å². The van der Waals surface area contributed by atoms with Gasteiger partial charge < -0.3 is 5.73 Å². The van der Waals surface area contributed by atoms with E-state index in [1.54, 1.807) is 0 Å². The minimum atomic E-state index is -0.461. The molecule has 7 nitrogen and oxygen atoms in total. The quantitative estimate of drug-likeness (QED) is 0.560. The van der Waals surface area contributed by atoms with Crippen molar-refractivity contribution < 1.29 is 4.39 Å². The highest BCUT2D eigenvalue weighted by Crippen LogP contribution is 2.20. The Morgan fingerprint density at radius 3 is 2.95 bits per heavy atom. The van der Waals surface area contributed by atoms with Crippen molar-refractivity contribution in [1.82, 2.24) is 29.6 Å². The van der Waals surface area contributed by atoms with Crippen molar-refractivity contribution in [2.45, 2.75) is 0 Å². The lowest BCUT2D eigenvalue weighted by Gasteiger charge is -2.03. The highest BCUT2D eigenvalue weighted by atomic mass is 19.1. The molecule has 0 aliphatic rings. The maximum atomic E-state index is 13.7. The van der Waals surface area contributed by atoms with E-state index in [0.717, 1.165) is 5.52 Å². The van der Waals surface area contributed by atoms with Crippen molar-refractivity contribution in [1.29, 1.82) is 0 Å². The molecule has 1 aromatic carbocycles. The summed E-state index contributed by atoms with van der Waals surface area (Å²) in [7, 11) is 0. The lowest BCUT2D eigenvalue weighted by Crippen LogP contribution is -2.02. The SMILES string of the molecule is Nc1nc2c(-n3nnc4ccccc43)cc(F)cn2n1. The average Bonchev–Trinajstić information content (AvgIpc) is 3.00. The van der Waals surface area contributed by atoms with Gasteiger partial charge in [0.1, 0.15) is 17.0 Å². The Morgan fingerprint density at radius 2 is 2.05 bits per heavy atom. The molecule has 3 heterocycles. The number of rotatable bonds is 1. The van der Waals surface area contributed by atoms with Gasteiger partial charge in [0.05, 0.1) is 11.7 Å². The first-order valence-corrected chi connectivity index (χ1v) is 5.84. The third-order valence-electron chi connectivity index (χ3n) is 2.98. The first kappa shape index (κ1) is 10.9. The Hall–Kier alpha value is -3.03. The van der Waals surface area contributed by atoms with Crippen molar-refractivity contribution in [3.63, 3.8) is 0 Å². The fourth-order valence-corrected chi connectivity index (χ4v) is 2.16. The van der Waals surface area contributed by atoms with Crippen LogP contribution in [0, 0.1) is 5.82 Å². The molecule has 0 saturated carbocycles. The molecule has 0 fully saturated rings. The third kappa shape index (κ3) is 1.44. The van der Waals surface area contributed by atoms with E-state index in [2.05, 4.69) is 20.4 Å². The van der Waals surface area contributed by atoms with Crippen molar-refractivity contribution in [3.05, 3.63) is 42.3 Å². The second-order valence-corrected chi connectivity index (χ2v) is 4.27. The molecule has 98 valence electrons. The number of nitrogens with zero attached hydrogens (tertiary/aromatic N) is 6. The summed E-state index contributed by atoms with van der Waals surface area (Å²) in [6, 6.07) is 8.71. The van der Waals surface area contributed by atoms with Gasteiger partial charge in [-0.1, -0.05) is 17.3 Å². The Morgan fingerprint density at radius 1 is 1.20 bits per heavy atom. The summed E-state index contributed by atoms with van der Waals surface area (Å²) in [5.74, 6) is -0.391. The fourth-order valence-electron chi connectivity index (χ4n) is 2.16. The van der Waals surface area contributed by atoms with Crippen molar-refractivity contribution in [2.75, 3.05) is 5.73 Å². The van der Waals surface area contributed by atoms with E-state index in [-0.39, 0.29) is 5.95 Å². The molecule has 0 amide bonds. The first-order chi connectivity index (χ1) is 9.72. The van der Waals surface area contributed by atoms with E-state index < -0.39 is 5.82 Å². The Labute approximate surface area is 111 Å². The monoisotopic (exact) mass is 269 g/mol. The molecule has 20 heavy (non-hydrogen) atoms. The van der Waals surface area contributed by atoms with E-state index in [4.69, 9.17) is 5.73 Å². The number of benzene rings is 1. The molecular weight excluding hydrogens is 261 g/mol. The molecule has 4 aromatic rings. The second kappa shape index (κ2) is 3.73. The average molecular weight is 269 g/mol. The molecule has 0 unspecified atom stereocenters. The van der Waals surface area contributed by atoms with Crippen LogP contribution in [0.2, 0.25) is 0 Å². The molecule has 0 radical (unpaired) electrons. The van der Waals surface area contributed by atoms with Crippen LogP contribution < -0.4 is 5.73 Å². The van der Waals surface area contributed by atoms with Gasteiger partial charge in [-0.05, 0) is 12.1 Å². The molecule has 0 atom stereocenters. The van der Waals surface area contributed by atoms with Crippen molar-refractivity contribution in [3.8, 4) is 5.69 Å². The summed E-state index contributed by atoms with van der Waals surface area (Å²) in [5.41, 5.74) is 7.88. The van der Waals surface area contributed by atoms with Crippen LogP contribution in [0.4, 0.5) is 10.3 Å². The Bertz CT molecular complexity index is 939. The number of anilines is 1. The molecule has 3 aromatic heterocycles.